The van der Waals surface area contributed by atoms with Crippen molar-refractivity contribution in [1.29, 1.82) is 0 Å². The number of rotatable bonds is 7. The van der Waals surface area contributed by atoms with E-state index in [0.29, 0.717) is 24.8 Å². The van der Waals surface area contributed by atoms with Gasteiger partial charge in [-0.3, -0.25) is 4.79 Å². The van der Waals surface area contributed by atoms with E-state index >= 15 is 0 Å². The lowest BCUT2D eigenvalue weighted by atomic mass is 10.2. The van der Waals surface area contributed by atoms with Crippen LogP contribution in [0, 0.1) is 0 Å². The Morgan fingerprint density at radius 1 is 1.40 bits per heavy atom. The largest absolute Gasteiger partial charge is 0.466 e. The molecule has 20 heavy (non-hydrogen) atoms. The van der Waals surface area contributed by atoms with Gasteiger partial charge in [0.05, 0.1) is 6.61 Å². The minimum absolute atomic E-state index is 0.152. The minimum atomic E-state index is -0.152. The molecule has 2 rings (SSSR count). The van der Waals surface area contributed by atoms with Crippen molar-refractivity contribution in [1.82, 2.24) is 5.32 Å². The Morgan fingerprint density at radius 3 is 3.00 bits per heavy atom. The normalized spacial score (nSPS) is 10.9. The third-order valence-electron chi connectivity index (χ3n) is 2.99. The van der Waals surface area contributed by atoms with Crippen molar-refractivity contribution < 1.29 is 13.9 Å². The molecule has 1 aromatic carbocycles. The molecule has 2 aromatic rings. The van der Waals surface area contributed by atoms with Crippen molar-refractivity contribution in [2.45, 2.75) is 26.3 Å². The first kappa shape index (κ1) is 14.9. The molecule has 0 saturated carbocycles. The summed E-state index contributed by atoms with van der Waals surface area (Å²) in [6.45, 7) is 3.60. The summed E-state index contributed by atoms with van der Waals surface area (Å²) in [6.07, 6.45) is 1.17. The molecular weight excluding hydrogens is 278 g/mol. The molecule has 1 N–H and O–H groups in total. The summed E-state index contributed by atoms with van der Waals surface area (Å²) in [4.78, 5) is 11.2. The van der Waals surface area contributed by atoms with Crippen LogP contribution in [-0.2, 0) is 16.1 Å². The van der Waals surface area contributed by atoms with E-state index < -0.39 is 0 Å². The standard InChI is InChI=1S/C15H18ClNO3/c1-2-19-14(18)8-5-9-17-10-12-11-6-3-4-7-13(11)20-15(12)16/h3-4,6-7,17H,2,5,8-10H2,1H3. The molecule has 1 aromatic heterocycles. The Balaban J connectivity index is 1.81. The molecule has 5 heteroatoms. The highest BCUT2D eigenvalue weighted by Gasteiger charge is 2.11. The highest BCUT2D eigenvalue weighted by Crippen LogP contribution is 2.29. The minimum Gasteiger partial charge on any atom is -0.466 e. The smallest absolute Gasteiger partial charge is 0.305 e. The second kappa shape index (κ2) is 7.31. The van der Waals surface area contributed by atoms with Crippen molar-refractivity contribution in [3.8, 4) is 0 Å². The third kappa shape index (κ3) is 3.74. The maximum absolute atomic E-state index is 11.2. The number of furan rings is 1. The van der Waals surface area contributed by atoms with Crippen LogP contribution in [0.25, 0.3) is 11.0 Å². The van der Waals surface area contributed by atoms with Gasteiger partial charge in [-0.2, -0.15) is 0 Å². The highest BCUT2D eigenvalue weighted by atomic mass is 35.5. The number of hydrogen-bond acceptors (Lipinski definition) is 4. The molecule has 0 aliphatic carbocycles. The lowest BCUT2D eigenvalue weighted by molar-refractivity contribution is -0.143. The van der Waals surface area contributed by atoms with Crippen LogP contribution in [0.15, 0.2) is 28.7 Å². The van der Waals surface area contributed by atoms with Crippen LogP contribution in [0.5, 0.6) is 0 Å². The first-order valence-corrected chi connectivity index (χ1v) is 7.12. The number of fused-ring (bicyclic) bond motifs is 1. The average Bonchev–Trinajstić information content (AvgIpc) is 2.75. The van der Waals surface area contributed by atoms with Crippen molar-refractivity contribution in [3.63, 3.8) is 0 Å². The molecular formula is C15H18ClNO3. The summed E-state index contributed by atoms with van der Waals surface area (Å²) >= 11 is 6.09. The van der Waals surface area contributed by atoms with E-state index in [1.165, 1.54) is 0 Å². The van der Waals surface area contributed by atoms with Gasteiger partial charge in [0, 0.05) is 23.9 Å². The maximum atomic E-state index is 11.2. The molecule has 0 atom stereocenters. The van der Waals surface area contributed by atoms with Crippen LogP contribution in [0.2, 0.25) is 5.22 Å². The molecule has 1 heterocycles. The summed E-state index contributed by atoms with van der Waals surface area (Å²) in [7, 11) is 0. The van der Waals surface area contributed by atoms with Gasteiger partial charge in [0.15, 0.2) is 5.22 Å². The van der Waals surface area contributed by atoms with Gasteiger partial charge in [-0.15, -0.1) is 0 Å². The highest BCUT2D eigenvalue weighted by molar-refractivity contribution is 6.30. The zero-order valence-corrected chi connectivity index (χ0v) is 12.2. The van der Waals surface area contributed by atoms with Crippen molar-refractivity contribution >= 4 is 28.5 Å². The van der Waals surface area contributed by atoms with Gasteiger partial charge in [0.2, 0.25) is 0 Å². The molecule has 0 aliphatic heterocycles. The van der Waals surface area contributed by atoms with E-state index in [1.807, 2.05) is 31.2 Å². The lowest BCUT2D eigenvalue weighted by Crippen LogP contribution is -2.16. The monoisotopic (exact) mass is 295 g/mol. The fraction of sp³-hybridized carbons (Fsp3) is 0.400. The molecule has 4 nitrogen and oxygen atoms in total. The third-order valence-corrected chi connectivity index (χ3v) is 3.30. The number of para-hydroxylation sites is 1. The van der Waals surface area contributed by atoms with Gasteiger partial charge >= 0.3 is 5.97 Å². The SMILES string of the molecule is CCOC(=O)CCCNCc1c(Cl)oc2ccccc12. The molecule has 0 bridgehead atoms. The summed E-state index contributed by atoms with van der Waals surface area (Å²) < 4.78 is 10.3. The Hall–Kier alpha value is -1.52. The summed E-state index contributed by atoms with van der Waals surface area (Å²) in [5.41, 5.74) is 1.75. The number of halogens is 1. The zero-order chi connectivity index (χ0) is 14.4. The van der Waals surface area contributed by atoms with Gasteiger partial charge < -0.3 is 14.5 Å². The number of hydrogen-bond donors (Lipinski definition) is 1. The van der Waals surface area contributed by atoms with Crippen LogP contribution in [0.3, 0.4) is 0 Å². The van der Waals surface area contributed by atoms with E-state index in [-0.39, 0.29) is 5.97 Å². The molecule has 0 spiro atoms. The van der Waals surface area contributed by atoms with E-state index in [2.05, 4.69) is 5.32 Å². The predicted molar refractivity (Wildman–Crippen MR) is 78.8 cm³/mol. The molecule has 0 fully saturated rings. The van der Waals surface area contributed by atoms with Gasteiger partial charge in [0.1, 0.15) is 5.58 Å². The summed E-state index contributed by atoms with van der Waals surface area (Å²) in [5.74, 6) is -0.152. The average molecular weight is 296 g/mol. The molecule has 0 aliphatic rings. The Morgan fingerprint density at radius 2 is 2.20 bits per heavy atom. The van der Waals surface area contributed by atoms with E-state index in [1.54, 1.807) is 0 Å². The molecule has 0 unspecified atom stereocenters. The van der Waals surface area contributed by atoms with Crippen molar-refractivity contribution in [2.75, 3.05) is 13.2 Å². The van der Waals surface area contributed by atoms with E-state index in [0.717, 1.165) is 29.5 Å². The second-order valence-electron chi connectivity index (χ2n) is 4.44. The number of nitrogens with one attached hydrogen (secondary N) is 1. The molecule has 0 saturated heterocycles. The zero-order valence-electron chi connectivity index (χ0n) is 11.4. The molecule has 0 amide bonds. The Kier molecular flexibility index (Phi) is 5.44. The molecule has 108 valence electrons. The van der Waals surface area contributed by atoms with Crippen LogP contribution >= 0.6 is 11.6 Å². The number of benzene rings is 1. The number of carbonyl (C=O) groups is 1. The number of ether oxygens (including phenoxy) is 1. The van der Waals surface area contributed by atoms with Crippen molar-refractivity contribution in [3.05, 3.63) is 35.0 Å². The van der Waals surface area contributed by atoms with E-state index in [4.69, 9.17) is 20.8 Å². The van der Waals surface area contributed by atoms with E-state index in [9.17, 15) is 4.79 Å². The fourth-order valence-electron chi connectivity index (χ4n) is 2.04. The van der Waals surface area contributed by atoms with Crippen molar-refractivity contribution in [2.24, 2.45) is 0 Å². The second-order valence-corrected chi connectivity index (χ2v) is 4.78. The van der Waals surface area contributed by atoms with Crippen LogP contribution in [0.1, 0.15) is 25.3 Å². The fourth-order valence-corrected chi connectivity index (χ4v) is 2.29. The first-order valence-electron chi connectivity index (χ1n) is 6.74. The van der Waals surface area contributed by atoms with Crippen LogP contribution in [0.4, 0.5) is 0 Å². The van der Waals surface area contributed by atoms with Gasteiger partial charge in [-0.1, -0.05) is 18.2 Å². The Bertz CT molecular complexity index is 580. The lowest BCUT2D eigenvalue weighted by Gasteiger charge is -2.04. The van der Waals surface area contributed by atoms with Gasteiger partial charge in [-0.25, -0.2) is 0 Å². The topological polar surface area (TPSA) is 51.5 Å². The summed E-state index contributed by atoms with van der Waals surface area (Å²) in [5, 5.41) is 4.71. The van der Waals surface area contributed by atoms with Crippen LogP contribution < -0.4 is 5.32 Å². The quantitative estimate of drug-likeness (QED) is 0.627. The number of esters is 1. The predicted octanol–water partition coefficient (Wildman–Crippen LogP) is 3.52. The number of carbonyl (C=O) groups excluding carboxylic acids is 1. The molecule has 0 radical (unpaired) electrons. The van der Waals surface area contributed by atoms with Gasteiger partial charge in [-0.05, 0) is 37.6 Å². The maximum Gasteiger partial charge on any atom is 0.305 e. The first-order chi connectivity index (χ1) is 9.72. The Labute approximate surface area is 123 Å². The van der Waals surface area contributed by atoms with Gasteiger partial charge in [0.25, 0.3) is 0 Å². The summed E-state index contributed by atoms with van der Waals surface area (Å²) in [6, 6.07) is 7.75. The van der Waals surface area contributed by atoms with Crippen LogP contribution in [-0.4, -0.2) is 19.1 Å².